The van der Waals surface area contributed by atoms with Crippen LogP contribution in [0.4, 0.5) is 0 Å². The predicted molar refractivity (Wildman–Crippen MR) is 102 cm³/mol. The Balaban J connectivity index is 2.19. The third kappa shape index (κ3) is 5.40. The van der Waals surface area contributed by atoms with E-state index in [1.807, 2.05) is 30.3 Å². The van der Waals surface area contributed by atoms with E-state index in [9.17, 15) is 23.1 Å². The average molecular weight is 389 g/mol. The SMILES string of the molecule is CCS(=O)(=O)c1ccc(CC(=O)N(Cc2ccccc2)C(C)C(=O)O)cc1. The zero-order valence-corrected chi connectivity index (χ0v) is 16.1. The fourth-order valence-corrected chi connectivity index (χ4v) is 3.50. The van der Waals surface area contributed by atoms with Crippen LogP contribution in [0.15, 0.2) is 59.5 Å². The van der Waals surface area contributed by atoms with E-state index in [2.05, 4.69) is 0 Å². The van der Waals surface area contributed by atoms with Crippen LogP contribution in [0.3, 0.4) is 0 Å². The monoisotopic (exact) mass is 389 g/mol. The molecule has 144 valence electrons. The summed E-state index contributed by atoms with van der Waals surface area (Å²) < 4.78 is 23.7. The van der Waals surface area contributed by atoms with Crippen molar-refractivity contribution in [3.05, 3.63) is 65.7 Å². The van der Waals surface area contributed by atoms with Gasteiger partial charge in [0.2, 0.25) is 5.91 Å². The Labute approximate surface area is 159 Å². The van der Waals surface area contributed by atoms with Crippen LogP contribution < -0.4 is 0 Å². The molecule has 1 amide bonds. The number of hydrogen-bond donors (Lipinski definition) is 1. The van der Waals surface area contributed by atoms with Gasteiger partial charge in [-0.15, -0.1) is 0 Å². The number of carbonyl (C=O) groups excluding carboxylic acids is 1. The molecule has 0 fully saturated rings. The molecule has 0 aliphatic heterocycles. The van der Waals surface area contributed by atoms with Gasteiger partial charge in [-0.05, 0) is 30.2 Å². The number of amides is 1. The molecule has 1 unspecified atom stereocenters. The van der Waals surface area contributed by atoms with Crippen molar-refractivity contribution in [2.75, 3.05) is 5.75 Å². The van der Waals surface area contributed by atoms with Crippen molar-refractivity contribution < 1.29 is 23.1 Å². The molecule has 0 saturated heterocycles. The summed E-state index contributed by atoms with van der Waals surface area (Å²) in [6.07, 6.45) is -0.00307. The Bertz CT molecular complexity index is 892. The highest BCUT2D eigenvalue weighted by molar-refractivity contribution is 7.91. The fraction of sp³-hybridized carbons (Fsp3) is 0.300. The van der Waals surface area contributed by atoms with E-state index in [0.717, 1.165) is 5.56 Å². The van der Waals surface area contributed by atoms with E-state index in [0.29, 0.717) is 5.56 Å². The Morgan fingerprint density at radius 2 is 1.59 bits per heavy atom. The summed E-state index contributed by atoms with van der Waals surface area (Å²) in [6, 6.07) is 14.3. The lowest BCUT2D eigenvalue weighted by atomic mass is 10.1. The first-order valence-corrected chi connectivity index (χ1v) is 10.3. The lowest BCUT2D eigenvalue weighted by Gasteiger charge is -2.27. The molecule has 1 atom stereocenters. The van der Waals surface area contributed by atoms with Gasteiger partial charge in [-0.3, -0.25) is 4.79 Å². The number of carboxylic acids is 1. The van der Waals surface area contributed by atoms with E-state index in [4.69, 9.17) is 0 Å². The molecule has 2 rings (SSSR count). The van der Waals surface area contributed by atoms with Crippen molar-refractivity contribution in [1.82, 2.24) is 4.90 Å². The largest absolute Gasteiger partial charge is 0.480 e. The van der Waals surface area contributed by atoms with Gasteiger partial charge in [0.15, 0.2) is 9.84 Å². The minimum Gasteiger partial charge on any atom is -0.480 e. The van der Waals surface area contributed by atoms with Gasteiger partial charge in [-0.2, -0.15) is 0 Å². The number of benzene rings is 2. The maximum Gasteiger partial charge on any atom is 0.326 e. The first-order chi connectivity index (χ1) is 12.7. The van der Waals surface area contributed by atoms with E-state index in [1.54, 1.807) is 19.1 Å². The summed E-state index contributed by atoms with van der Waals surface area (Å²) in [4.78, 5) is 25.7. The van der Waals surface area contributed by atoms with Gasteiger partial charge in [0.1, 0.15) is 6.04 Å². The van der Waals surface area contributed by atoms with Crippen molar-refractivity contribution in [3.63, 3.8) is 0 Å². The average Bonchev–Trinajstić information content (AvgIpc) is 2.66. The summed E-state index contributed by atoms with van der Waals surface area (Å²) in [6.45, 7) is 3.23. The number of nitrogens with zero attached hydrogens (tertiary/aromatic N) is 1. The summed E-state index contributed by atoms with van der Waals surface area (Å²) in [5.41, 5.74) is 1.47. The molecule has 0 aromatic heterocycles. The molecule has 0 bridgehead atoms. The zero-order chi connectivity index (χ0) is 20.0. The van der Waals surface area contributed by atoms with Gasteiger partial charge in [0.25, 0.3) is 0 Å². The zero-order valence-electron chi connectivity index (χ0n) is 15.3. The molecule has 0 heterocycles. The van der Waals surface area contributed by atoms with Crippen LogP contribution in [0, 0.1) is 0 Å². The second kappa shape index (κ2) is 8.81. The normalized spacial score (nSPS) is 12.4. The minimum atomic E-state index is -3.30. The van der Waals surface area contributed by atoms with Gasteiger partial charge >= 0.3 is 5.97 Å². The van der Waals surface area contributed by atoms with Crippen molar-refractivity contribution >= 4 is 21.7 Å². The molecular formula is C20H23NO5S. The molecule has 0 spiro atoms. The highest BCUT2D eigenvalue weighted by atomic mass is 32.2. The molecule has 0 aliphatic rings. The first kappa shape index (κ1) is 20.6. The number of sulfone groups is 1. The van der Waals surface area contributed by atoms with Crippen molar-refractivity contribution in [1.29, 1.82) is 0 Å². The van der Waals surface area contributed by atoms with Crippen LogP contribution in [-0.2, 0) is 32.4 Å². The molecule has 2 aromatic carbocycles. The van der Waals surface area contributed by atoms with Gasteiger partial charge < -0.3 is 10.0 Å². The van der Waals surface area contributed by atoms with E-state index < -0.39 is 21.8 Å². The molecule has 6 nitrogen and oxygen atoms in total. The third-order valence-corrected chi connectivity index (χ3v) is 6.11. The van der Waals surface area contributed by atoms with E-state index in [-0.39, 0.29) is 29.5 Å². The fourth-order valence-electron chi connectivity index (χ4n) is 2.61. The molecule has 0 saturated carbocycles. The molecule has 0 aliphatic carbocycles. The molecular weight excluding hydrogens is 366 g/mol. The van der Waals surface area contributed by atoms with E-state index in [1.165, 1.54) is 24.0 Å². The Hall–Kier alpha value is -2.67. The smallest absolute Gasteiger partial charge is 0.326 e. The number of carbonyl (C=O) groups is 2. The topological polar surface area (TPSA) is 91.8 Å². The molecule has 7 heteroatoms. The molecule has 1 N–H and O–H groups in total. The number of carboxylic acid groups (broad SMARTS) is 1. The van der Waals surface area contributed by atoms with Crippen LogP contribution >= 0.6 is 0 Å². The van der Waals surface area contributed by atoms with Crippen LogP contribution in [0.5, 0.6) is 0 Å². The number of aliphatic carboxylic acids is 1. The van der Waals surface area contributed by atoms with Crippen molar-refractivity contribution in [2.45, 2.75) is 37.8 Å². The molecule has 27 heavy (non-hydrogen) atoms. The standard InChI is InChI=1S/C20H23NO5S/c1-3-27(25,26)18-11-9-16(10-12-18)13-19(22)21(15(2)20(23)24)14-17-7-5-4-6-8-17/h4-12,15H,3,13-14H2,1-2H3,(H,23,24). The molecule has 2 aromatic rings. The maximum absolute atomic E-state index is 12.7. The summed E-state index contributed by atoms with van der Waals surface area (Å²) >= 11 is 0. The third-order valence-electron chi connectivity index (χ3n) is 4.36. The van der Waals surface area contributed by atoms with Crippen molar-refractivity contribution in [2.24, 2.45) is 0 Å². The highest BCUT2D eigenvalue weighted by Crippen LogP contribution is 2.15. The maximum atomic E-state index is 12.7. The van der Waals surface area contributed by atoms with Crippen LogP contribution in [0.1, 0.15) is 25.0 Å². The summed E-state index contributed by atoms with van der Waals surface area (Å²) in [5.74, 6) is -1.41. The van der Waals surface area contributed by atoms with Crippen LogP contribution in [-0.4, -0.2) is 42.1 Å². The van der Waals surface area contributed by atoms with Crippen LogP contribution in [0.2, 0.25) is 0 Å². The lowest BCUT2D eigenvalue weighted by molar-refractivity contribution is -0.149. The minimum absolute atomic E-state index is 0.00307. The Kier molecular flexibility index (Phi) is 6.74. The Morgan fingerprint density at radius 1 is 1.00 bits per heavy atom. The quantitative estimate of drug-likeness (QED) is 0.749. The molecule has 0 radical (unpaired) electrons. The first-order valence-electron chi connectivity index (χ1n) is 8.62. The number of hydrogen-bond acceptors (Lipinski definition) is 4. The van der Waals surface area contributed by atoms with Gasteiger partial charge in [-0.1, -0.05) is 49.4 Å². The summed E-state index contributed by atoms with van der Waals surface area (Å²) in [5, 5.41) is 9.34. The Morgan fingerprint density at radius 3 is 2.11 bits per heavy atom. The second-order valence-electron chi connectivity index (χ2n) is 6.25. The van der Waals surface area contributed by atoms with Gasteiger partial charge in [0, 0.05) is 6.54 Å². The van der Waals surface area contributed by atoms with Gasteiger partial charge in [-0.25, -0.2) is 13.2 Å². The second-order valence-corrected chi connectivity index (χ2v) is 8.52. The number of rotatable bonds is 8. The van der Waals surface area contributed by atoms with Gasteiger partial charge in [0.05, 0.1) is 17.1 Å². The van der Waals surface area contributed by atoms with E-state index >= 15 is 0 Å². The van der Waals surface area contributed by atoms with Crippen molar-refractivity contribution in [3.8, 4) is 0 Å². The lowest BCUT2D eigenvalue weighted by Crippen LogP contribution is -2.43. The summed E-state index contributed by atoms with van der Waals surface area (Å²) in [7, 11) is -3.30. The van der Waals surface area contributed by atoms with Crippen LogP contribution in [0.25, 0.3) is 0 Å². The highest BCUT2D eigenvalue weighted by Gasteiger charge is 2.25. The predicted octanol–water partition coefficient (Wildman–Crippen LogP) is 2.52.